The van der Waals surface area contributed by atoms with Crippen molar-refractivity contribution in [2.24, 2.45) is 10.4 Å². The van der Waals surface area contributed by atoms with Crippen LogP contribution in [0, 0.1) is 11.2 Å². The molecule has 0 radical (unpaired) electrons. The molecule has 5 nitrogen and oxygen atoms in total. The summed E-state index contributed by atoms with van der Waals surface area (Å²) in [5.74, 6) is -0.142. The molecule has 0 unspecified atom stereocenters. The molecular formula is C19H30FIN4O. The van der Waals surface area contributed by atoms with E-state index < -0.39 is 11.7 Å². The summed E-state index contributed by atoms with van der Waals surface area (Å²) in [4.78, 5) is 16.6. The first-order valence-corrected chi connectivity index (χ1v) is 9.15. The Balaban J connectivity index is 0.00000338. The first-order valence-electron chi connectivity index (χ1n) is 9.15. The molecule has 0 atom stereocenters. The molecule has 3 N–H and O–H groups in total. The van der Waals surface area contributed by atoms with Crippen LogP contribution in [0.3, 0.4) is 0 Å². The van der Waals surface area contributed by atoms with Crippen molar-refractivity contribution < 1.29 is 9.18 Å². The fraction of sp³-hybridized carbons (Fsp3) is 0.579. The van der Waals surface area contributed by atoms with Crippen molar-refractivity contribution in [1.29, 1.82) is 0 Å². The zero-order valence-corrected chi connectivity index (χ0v) is 17.9. The van der Waals surface area contributed by atoms with E-state index in [1.807, 2.05) is 6.92 Å². The second-order valence-corrected chi connectivity index (χ2v) is 6.56. The molecule has 1 saturated carbocycles. The summed E-state index contributed by atoms with van der Waals surface area (Å²) in [6.07, 6.45) is 4.97. The Hall–Kier alpha value is -1.38. The molecule has 0 bridgehead atoms. The van der Waals surface area contributed by atoms with Crippen molar-refractivity contribution in [2.75, 3.05) is 26.2 Å². The SMILES string of the molecule is CCNC(=NCC1(CC)CCC1)NCCNC(=O)c1ccccc1F.I. The average molecular weight is 476 g/mol. The molecule has 0 heterocycles. The Kier molecular flexibility index (Phi) is 9.90. The molecule has 1 fully saturated rings. The van der Waals surface area contributed by atoms with Gasteiger partial charge < -0.3 is 16.0 Å². The summed E-state index contributed by atoms with van der Waals surface area (Å²) in [6.45, 7) is 6.80. The number of nitrogens with zero attached hydrogens (tertiary/aromatic N) is 1. The van der Waals surface area contributed by atoms with Gasteiger partial charge in [0, 0.05) is 26.2 Å². The molecule has 0 aliphatic heterocycles. The molecule has 7 heteroatoms. The van der Waals surface area contributed by atoms with Gasteiger partial charge in [0.15, 0.2) is 5.96 Å². The monoisotopic (exact) mass is 476 g/mol. The quantitative estimate of drug-likeness (QED) is 0.234. The largest absolute Gasteiger partial charge is 0.357 e. The van der Waals surface area contributed by atoms with E-state index in [1.165, 1.54) is 31.4 Å². The minimum Gasteiger partial charge on any atom is -0.357 e. The lowest BCUT2D eigenvalue weighted by atomic mass is 9.67. The number of rotatable bonds is 8. The summed E-state index contributed by atoms with van der Waals surface area (Å²) in [5, 5.41) is 9.16. The van der Waals surface area contributed by atoms with Crippen LogP contribution in [-0.2, 0) is 0 Å². The Morgan fingerprint density at radius 2 is 1.85 bits per heavy atom. The van der Waals surface area contributed by atoms with Gasteiger partial charge in [-0.3, -0.25) is 9.79 Å². The second-order valence-electron chi connectivity index (χ2n) is 6.56. The van der Waals surface area contributed by atoms with Gasteiger partial charge in [0.05, 0.1) is 5.56 Å². The molecule has 1 aliphatic carbocycles. The highest BCUT2D eigenvalue weighted by Crippen LogP contribution is 2.43. The van der Waals surface area contributed by atoms with Gasteiger partial charge in [-0.05, 0) is 43.7 Å². The third-order valence-electron chi connectivity index (χ3n) is 4.90. The summed E-state index contributed by atoms with van der Waals surface area (Å²) in [7, 11) is 0. The molecule has 0 aromatic heterocycles. The van der Waals surface area contributed by atoms with Crippen molar-refractivity contribution in [3.8, 4) is 0 Å². The maximum absolute atomic E-state index is 13.6. The van der Waals surface area contributed by atoms with Gasteiger partial charge in [-0.2, -0.15) is 0 Å². The molecule has 1 amide bonds. The fourth-order valence-electron chi connectivity index (χ4n) is 2.99. The molecule has 26 heavy (non-hydrogen) atoms. The number of guanidine groups is 1. The van der Waals surface area contributed by atoms with Crippen LogP contribution in [-0.4, -0.2) is 38.0 Å². The van der Waals surface area contributed by atoms with Crippen LogP contribution < -0.4 is 16.0 Å². The highest BCUT2D eigenvalue weighted by atomic mass is 127. The van der Waals surface area contributed by atoms with Gasteiger partial charge in [-0.15, -0.1) is 24.0 Å². The molecule has 0 spiro atoms. The molecule has 1 aromatic rings. The summed E-state index contributed by atoms with van der Waals surface area (Å²) >= 11 is 0. The van der Waals surface area contributed by atoms with Gasteiger partial charge in [0.1, 0.15) is 5.82 Å². The van der Waals surface area contributed by atoms with Gasteiger partial charge >= 0.3 is 0 Å². The molecular weight excluding hydrogens is 446 g/mol. The van der Waals surface area contributed by atoms with Crippen molar-refractivity contribution in [2.45, 2.75) is 39.5 Å². The smallest absolute Gasteiger partial charge is 0.254 e. The third kappa shape index (κ3) is 6.41. The number of carbonyl (C=O) groups excluding carboxylic acids is 1. The Morgan fingerprint density at radius 1 is 1.15 bits per heavy atom. The standard InChI is InChI=1S/C19H29FN4O.HI/c1-3-19(10-7-11-19)14-24-18(21-4-2)23-13-12-22-17(25)15-8-5-6-9-16(15)20;/h5-6,8-9H,3-4,7,10-14H2,1-2H3,(H,22,25)(H2,21,23,24);1H. The lowest BCUT2D eigenvalue weighted by molar-refractivity contribution is 0.0950. The topological polar surface area (TPSA) is 65.5 Å². The van der Waals surface area contributed by atoms with E-state index in [4.69, 9.17) is 0 Å². The number of hydrogen-bond donors (Lipinski definition) is 3. The Labute approximate surface area is 172 Å². The second kappa shape index (κ2) is 11.4. The maximum Gasteiger partial charge on any atom is 0.254 e. The predicted molar refractivity (Wildman–Crippen MR) is 115 cm³/mol. The third-order valence-corrected chi connectivity index (χ3v) is 4.90. The van der Waals surface area contributed by atoms with Crippen LogP contribution in [0.15, 0.2) is 29.3 Å². The lowest BCUT2D eigenvalue weighted by Crippen LogP contribution is -2.42. The van der Waals surface area contributed by atoms with Crippen LogP contribution in [0.1, 0.15) is 49.9 Å². The number of nitrogens with one attached hydrogen (secondary N) is 3. The number of benzene rings is 1. The fourth-order valence-corrected chi connectivity index (χ4v) is 2.99. The Morgan fingerprint density at radius 3 is 2.42 bits per heavy atom. The summed E-state index contributed by atoms with van der Waals surface area (Å²) in [6, 6.07) is 5.98. The highest BCUT2D eigenvalue weighted by Gasteiger charge is 2.34. The predicted octanol–water partition coefficient (Wildman–Crippen LogP) is 3.31. The van der Waals surface area contributed by atoms with E-state index >= 15 is 0 Å². The first-order chi connectivity index (χ1) is 12.1. The van der Waals surface area contributed by atoms with Crippen LogP contribution in [0.4, 0.5) is 4.39 Å². The van der Waals surface area contributed by atoms with E-state index in [9.17, 15) is 9.18 Å². The molecule has 0 saturated heterocycles. The minimum atomic E-state index is -0.506. The van der Waals surface area contributed by atoms with Crippen LogP contribution in [0.5, 0.6) is 0 Å². The van der Waals surface area contributed by atoms with E-state index in [-0.39, 0.29) is 29.5 Å². The van der Waals surface area contributed by atoms with Gasteiger partial charge in [0.25, 0.3) is 5.91 Å². The van der Waals surface area contributed by atoms with E-state index in [0.717, 1.165) is 25.5 Å². The van der Waals surface area contributed by atoms with Gasteiger partial charge in [-0.1, -0.05) is 25.5 Å². The molecule has 1 aromatic carbocycles. The number of hydrogen-bond acceptors (Lipinski definition) is 2. The molecule has 146 valence electrons. The number of amides is 1. The number of carbonyl (C=O) groups is 1. The maximum atomic E-state index is 13.6. The van der Waals surface area contributed by atoms with Crippen molar-refractivity contribution in [1.82, 2.24) is 16.0 Å². The zero-order valence-electron chi connectivity index (χ0n) is 15.6. The minimum absolute atomic E-state index is 0. The van der Waals surface area contributed by atoms with Crippen LogP contribution in [0.2, 0.25) is 0 Å². The lowest BCUT2D eigenvalue weighted by Gasteiger charge is -2.40. The van der Waals surface area contributed by atoms with E-state index in [1.54, 1.807) is 12.1 Å². The zero-order chi connectivity index (χ0) is 18.1. The van der Waals surface area contributed by atoms with Gasteiger partial charge in [-0.25, -0.2) is 4.39 Å². The Bertz CT molecular complexity index is 599. The highest BCUT2D eigenvalue weighted by molar-refractivity contribution is 14.0. The van der Waals surface area contributed by atoms with Gasteiger partial charge in [0.2, 0.25) is 0 Å². The number of halogens is 2. The van der Waals surface area contributed by atoms with Crippen molar-refractivity contribution in [3.63, 3.8) is 0 Å². The molecule has 1 aliphatic rings. The van der Waals surface area contributed by atoms with Crippen molar-refractivity contribution in [3.05, 3.63) is 35.6 Å². The van der Waals surface area contributed by atoms with E-state index in [2.05, 4.69) is 27.9 Å². The van der Waals surface area contributed by atoms with Crippen LogP contribution >= 0.6 is 24.0 Å². The summed E-state index contributed by atoms with van der Waals surface area (Å²) < 4.78 is 13.6. The van der Waals surface area contributed by atoms with Crippen molar-refractivity contribution >= 4 is 35.8 Å². The average Bonchev–Trinajstić information content (AvgIpc) is 2.58. The summed E-state index contributed by atoms with van der Waals surface area (Å²) in [5.41, 5.74) is 0.444. The first kappa shape index (κ1) is 22.7. The normalized spacial score (nSPS) is 15.4. The van der Waals surface area contributed by atoms with Crippen LogP contribution in [0.25, 0.3) is 0 Å². The molecule has 2 rings (SSSR count). The van der Waals surface area contributed by atoms with E-state index in [0.29, 0.717) is 18.5 Å². The number of aliphatic imine (C=N–C) groups is 1.